The van der Waals surface area contributed by atoms with Crippen molar-refractivity contribution in [3.8, 4) is 17.3 Å². The van der Waals surface area contributed by atoms with Gasteiger partial charge in [-0.2, -0.15) is 12.1 Å². The number of pyridine rings is 1. The molecule has 0 fully saturated rings. The molecule has 0 saturated heterocycles. The first-order valence-electron chi connectivity index (χ1n) is 20.8. The van der Waals surface area contributed by atoms with Gasteiger partial charge in [0.05, 0.1) is 5.52 Å². The van der Waals surface area contributed by atoms with Crippen LogP contribution in [0.2, 0.25) is 0 Å². The number of rotatable bonds is 5. The van der Waals surface area contributed by atoms with Crippen LogP contribution in [0.3, 0.4) is 0 Å². The summed E-state index contributed by atoms with van der Waals surface area (Å²) in [4.78, 5) is 9.95. The largest absolute Gasteiger partial charge is 0.509 e. The monoisotopic (exact) mass is 978 g/mol. The maximum atomic E-state index is 6.69. The average molecular weight is 979 g/mol. The molecule has 9 aromatic carbocycles. The molecule has 0 spiro atoms. The zero-order valence-electron chi connectivity index (χ0n) is 34.3. The topological polar surface area (TPSA) is 33.5 Å². The van der Waals surface area contributed by atoms with Gasteiger partial charge in [-0.3, -0.25) is 0 Å². The van der Waals surface area contributed by atoms with E-state index in [2.05, 4.69) is 212 Å². The Hall–Kier alpha value is -6.94. The number of benzene rings is 9. The molecule has 0 bridgehead atoms. The average Bonchev–Trinajstić information content (AvgIpc) is 3.84. The van der Waals surface area contributed by atoms with Crippen molar-refractivity contribution in [2.24, 2.45) is 0 Å². The third-order valence-corrected chi connectivity index (χ3v) is 12.2. The van der Waals surface area contributed by atoms with E-state index in [4.69, 9.17) is 9.72 Å². The number of fused-ring (bicyclic) bond motifs is 11. The van der Waals surface area contributed by atoms with Crippen LogP contribution in [0.4, 0.5) is 22.7 Å². The molecule has 302 valence electrons. The molecule has 0 N–H and O–H groups in total. The van der Waals surface area contributed by atoms with Crippen LogP contribution in [0, 0.1) is 18.8 Å². The standard InChI is InChI=1S/C56H39N4O.Pt/c1-56(2,3)38-16-12-17-39(32-38)58-35-59(51-25-11-10-24-50(51)58)40-18-13-19-41(33-40)61-42-28-30-46-45-22-8-9-23-49(45)60(52(46)34-42)55-47-29-26-36-14-4-6-20-43(36)53(47)54-44-21-7-5-15-37(44)27-31-48(54)57-55;/h4-32,35H,1-3H3;/q-3;. The van der Waals surface area contributed by atoms with Gasteiger partial charge in [0.25, 0.3) is 0 Å². The first-order valence-corrected chi connectivity index (χ1v) is 20.8. The molecule has 11 aromatic rings. The minimum absolute atomic E-state index is 0. The smallest absolute Gasteiger partial charge is 0.144 e. The molecule has 0 radical (unpaired) electrons. The molecule has 0 saturated carbocycles. The maximum absolute atomic E-state index is 6.69. The molecule has 6 heteroatoms. The quantitative estimate of drug-likeness (QED) is 0.127. The third kappa shape index (κ3) is 6.06. The molecular weight excluding hydrogens is 940 g/mol. The summed E-state index contributed by atoms with van der Waals surface area (Å²) in [6, 6.07) is 69.4. The number of aromatic nitrogens is 2. The summed E-state index contributed by atoms with van der Waals surface area (Å²) in [5.74, 6) is 2.05. The molecule has 12 rings (SSSR count). The molecule has 0 amide bonds. The van der Waals surface area contributed by atoms with Gasteiger partial charge in [0, 0.05) is 71.3 Å². The maximum Gasteiger partial charge on any atom is 0.144 e. The Morgan fingerprint density at radius 2 is 1.18 bits per heavy atom. The van der Waals surface area contributed by atoms with Crippen molar-refractivity contribution in [1.29, 1.82) is 0 Å². The first-order chi connectivity index (χ1) is 29.9. The first kappa shape index (κ1) is 38.0. The number of hydrogen-bond donors (Lipinski definition) is 0. The van der Waals surface area contributed by atoms with Crippen molar-refractivity contribution in [3.05, 3.63) is 200 Å². The van der Waals surface area contributed by atoms with Crippen molar-refractivity contribution in [3.63, 3.8) is 0 Å². The van der Waals surface area contributed by atoms with Crippen LogP contribution >= 0.6 is 0 Å². The van der Waals surface area contributed by atoms with Gasteiger partial charge < -0.3 is 19.1 Å². The van der Waals surface area contributed by atoms with Gasteiger partial charge in [0.1, 0.15) is 5.82 Å². The molecule has 2 aromatic heterocycles. The summed E-state index contributed by atoms with van der Waals surface area (Å²) in [7, 11) is 0. The third-order valence-electron chi connectivity index (χ3n) is 12.2. The van der Waals surface area contributed by atoms with Crippen molar-refractivity contribution in [2.45, 2.75) is 26.2 Å². The molecule has 62 heavy (non-hydrogen) atoms. The van der Waals surface area contributed by atoms with Crippen molar-refractivity contribution >= 4 is 87.8 Å². The van der Waals surface area contributed by atoms with Crippen molar-refractivity contribution in [1.82, 2.24) is 9.55 Å². The second kappa shape index (κ2) is 14.6. The van der Waals surface area contributed by atoms with Gasteiger partial charge in [-0.05, 0) is 80.4 Å². The molecule has 1 aliphatic heterocycles. The Labute approximate surface area is 374 Å². The van der Waals surface area contributed by atoms with Crippen LogP contribution in [0.5, 0.6) is 11.5 Å². The molecule has 0 atom stereocenters. The minimum Gasteiger partial charge on any atom is -0.509 e. The van der Waals surface area contributed by atoms with E-state index in [1.807, 2.05) is 18.2 Å². The van der Waals surface area contributed by atoms with Gasteiger partial charge in [-0.15, -0.1) is 48.1 Å². The molecular formula is C56H39N4OPt-3. The van der Waals surface area contributed by atoms with E-state index in [-0.39, 0.29) is 26.5 Å². The molecule has 3 heterocycles. The summed E-state index contributed by atoms with van der Waals surface area (Å²) < 4.78 is 8.96. The Kier molecular flexibility index (Phi) is 8.96. The zero-order valence-corrected chi connectivity index (χ0v) is 36.6. The Balaban J connectivity index is 0.00000432. The molecule has 1 aliphatic rings. The Bertz CT molecular complexity index is 3570. The summed E-state index contributed by atoms with van der Waals surface area (Å²) in [5, 5.41) is 10.4. The summed E-state index contributed by atoms with van der Waals surface area (Å²) in [6.45, 7) is 8.90. The fourth-order valence-corrected chi connectivity index (χ4v) is 9.23. The number of ether oxygens (including phenoxy) is 1. The number of nitrogens with zero attached hydrogens (tertiary/aromatic N) is 4. The Morgan fingerprint density at radius 1 is 0.532 bits per heavy atom. The van der Waals surface area contributed by atoms with E-state index in [1.165, 1.54) is 32.5 Å². The van der Waals surface area contributed by atoms with Gasteiger partial charge >= 0.3 is 0 Å². The van der Waals surface area contributed by atoms with Gasteiger partial charge in [-0.25, -0.2) is 4.98 Å². The van der Waals surface area contributed by atoms with Crippen molar-refractivity contribution in [2.75, 3.05) is 9.80 Å². The second-order valence-electron chi connectivity index (χ2n) is 16.9. The fourth-order valence-electron chi connectivity index (χ4n) is 9.23. The Morgan fingerprint density at radius 3 is 1.97 bits per heavy atom. The molecule has 0 unspecified atom stereocenters. The normalized spacial score (nSPS) is 12.8. The SMILES string of the molecule is CC(C)(C)c1cccc(N2[CH-]N(c3[c-]c(Oc4[c-]c5c(cc4)c4ccccc4n5-c4nc5ccc6ccccc6c5c5c4ccc4ccccc45)ccc3)c3ccccc32)c1.[Pt]. The second-order valence-corrected chi connectivity index (χ2v) is 16.9. The van der Waals surface area contributed by atoms with E-state index in [0.29, 0.717) is 11.5 Å². The number of hydrogen-bond acceptors (Lipinski definition) is 4. The predicted molar refractivity (Wildman–Crippen MR) is 253 cm³/mol. The predicted octanol–water partition coefficient (Wildman–Crippen LogP) is 14.9. The van der Waals surface area contributed by atoms with Crippen LogP contribution in [0.1, 0.15) is 26.3 Å². The van der Waals surface area contributed by atoms with Gasteiger partial charge in [0.15, 0.2) is 0 Å². The van der Waals surface area contributed by atoms with E-state index >= 15 is 0 Å². The van der Waals surface area contributed by atoms with Gasteiger partial charge in [0.2, 0.25) is 0 Å². The van der Waals surface area contributed by atoms with Crippen LogP contribution in [-0.2, 0) is 26.5 Å². The number of para-hydroxylation sites is 3. The molecule has 5 nitrogen and oxygen atoms in total. The summed E-state index contributed by atoms with van der Waals surface area (Å²) in [6.07, 6.45) is 0. The zero-order chi connectivity index (χ0) is 40.8. The summed E-state index contributed by atoms with van der Waals surface area (Å²) >= 11 is 0. The van der Waals surface area contributed by atoms with Gasteiger partial charge in [-0.1, -0.05) is 129 Å². The van der Waals surface area contributed by atoms with E-state index in [1.54, 1.807) is 0 Å². The van der Waals surface area contributed by atoms with Crippen LogP contribution in [-0.4, -0.2) is 9.55 Å². The number of anilines is 4. The van der Waals surface area contributed by atoms with Crippen LogP contribution in [0.15, 0.2) is 176 Å². The van der Waals surface area contributed by atoms with Crippen molar-refractivity contribution < 1.29 is 25.8 Å². The van der Waals surface area contributed by atoms with E-state index < -0.39 is 0 Å². The summed E-state index contributed by atoms with van der Waals surface area (Å²) in [5.41, 5.74) is 8.39. The van der Waals surface area contributed by atoms with Crippen LogP contribution < -0.4 is 14.5 Å². The van der Waals surface area contributed by atoms with E-state index in [9.17, 15) is 0 Å². The minimum atomic E-state index is 0. The molecule has 0 aliphatic carbocycles. The fraction of sp³-hybridized carbons (Fsp3) is 0.0714. The van der Waals surface area contributed by atoms with E-state index in [0.717, 1.165) is 66.7 Å². The van der Waals surface area contributed by atoms with Crippen LogP contribution in [0.25, 0.3) is 70.8 Å².